The van der Waals surface area contributed by atoms with Crippen molar-refractivity contribution >= 4 is 11.9 Å². The number of aromatic carboxylic acids is 1. The Hall–Kier alpha value is -2.64. The average molecular weight is 304 g/mol. The van der Waals surface area contributed by atoms with E-state index in [0.717, 1.165) is 32.4 Å². The number of carboxylic acids is 1. The van der Waals surface area contributed by atoms with Gasteiger partial charge in [0.2, 0.25) is 11.6 Å². The van der Waals surface area contributed by atoms with Gasteiger partial charge in [-0.1, -0.05) is 5.21 Å². The summed E-state index contributed by atoms with van der Waals surface area (Å²) in [4.78, 5) is 25.4. The van der Waals surface area contributed by atoms with Crippen LogP contribution in [0.4, 0.5) is 0 Å². The number of furan rings is 1. The van der Waals surface area contributed by atoms with Gasteiger partial charge in [-0.05, 0) is 31.4 Å². The van der Waals surface area contributed by atoms with E-state index in [1.165, 1.54) is 10.9 Å². The second-order valence-electron chi connectivity index (χ2n) is 5.17. The normalized spacial score (nSPS) is 15.0. The summed E-state index contributed by atoms with van der Waals surface area (Å²) in [6.45, 7) is 1.42. The van der Waals surface area contributed by atoms with Crippen LogP contribution in [0.2, 0.25) is 0 Å². The Bertz CT molecular complexity index is 671. The highest BCUT2D eigenvalue weighted by Crippen LogP contribution is 2.23. The van der Waals surface area contributed by atoms with Gasteiger partial charge in [-0.25, -0.2) is 9.48 Å². The summed E-state index contributed by atoms with van der Waals surface area (Å²) in [5.41, 5.74) is -0.00995. The Labute approximate surface area is 126 Å². The van der Waals surface area contributed by atoms with E-state index < -0.39 is 5.97 Å². The van der Waals surface area contributed by atoms with E-state index in [-0.39, 0.29) is 23.8 Å². The number of nitrogens with zero attached hydrogens (tertiary/aromatic N) is 4. The second kappa shape index (κ2) is 6.00. The fourth-order valence-electron chi connectivity index (χ4n) is 2.60. The number of rotatable bonds is 4. The van der Waals surface area contributed by atoms with E-state index in [0.29, 0.717) is 5.76 Å². The van der Waals surface area contributed by atoms with Crippen molar-refractivity contribution in [3.8, 4) is 11.5 Å². The van der Waals surface area contributed by atoms with Crippen molar-refractivity contribution in [2.75, 3.05) is 13.1 Å². The molecule has 1 aliphatic rings. The summed E-state index contributed by atoms with van der Waals surface area (Å²) < 4.78 is 6.54. The molecule has 0 bridgehead atoms. The fourth-order valence-corrected chi connectivity index (χ4v) is 2.60. The topological polar surface area (TPSA) is 101 Å². The van der Waals surface area contributed by atoms with Gasteiger partial charge in [-0.15, -0.1) is 5.10 Å². The van der Waals surface area contributed by atoms with Gasteiger partial charge in [0.15, 0.2) is 5.76 Å². The van der Waals surface area contributed by atoms with Gasteiger partial charge >= 0.3 is 5.97 Å². The summed E-state index contributed by atoms with van der Waals surface area (Å²) >= 11 is 0. The molecule has 0 atom stereocenters. The summed E-state index contributed by atoms with van der Waals surface area (Å²) in [6.07, 6.45) is 4.56. The predicted octanol–water partition coefficient (Wildman–Crippen LogP) is 1.25. The minimum absolute atomic E-state index is 0.0453. The molecule has 3 rings (SSSR count). The SMILES string of the molecule is O=C(O)c1nnn(CC(=O)N2CCCCC2)c1-c1ccco1. The van der Waals surface area contributed by atoms with Gasteiger partial charge in [0, 0.05) is 13.1 Å². The second-order valence-corrected chi connectivity index (χ2v) is 5.17. The highest BCUT2D eigenvalue weighted by molar-refractivity contribution is 5.92. The van der Waals surface area contributed by atoms with Gasteiger partial charge in [0.05, 0.1) is 6.26 Å². The Balaban J connectivity index is 1.87. The molecule has 1 saturated heterocycles. The first-order valence-corrected chi connectivity index (χ1v) is 7.15. The van der Waals surface area contributed by atoms with E-state index in [1.54, 1.807) is 17.0 Å². The molecule has 0 aliphatic carbocycles. The first kappa shape index (κ1) is 14.3. The number of hydrogen-bond donors (Lipinski definition) is 1. The van der Waals surface area contributed by atoms with Crippen LogP contribution in [-0.2, 0) is 11.3 Å². The van der Waals surface area contributed by atoms with Crippen molar-refractivity contribution < 1.29 is 19.1 Å². The Morgan fingerprint density at radius 1 is 1.27 bits per heavy atom. The van der Waals surface area contributed by atoms with Crippen molar-refractivity contribution in [1.29, 1.82) is 0 Å². The molecule has 0 spiro atoms. The van der Waals surface area contributed by atoms with Gasteiger partial charge in [0.1, 0.15) is 12.2 Å². The number of hydrogen-bond acceptors (Lipinski definition) is 5. The number of carbonyl (C=O) groups excluding carboxylic acids is 1. The molecule has 8 nitrogen and oxygen atoms in total. The summed E-state index contributed by atoms with van der Waals surface area (Å²) in [5.74, 6) is -0.966. The number of aromatic nitrogens is 3. The average Bonchev–Trinajstić information content (AvgIpc) is 3.16. The van der Waals surface area contributed by atoms with Crippen molar-refractivity contribution in [1.82, 2.24) is 19.9 Å². The van der Waals surface area contributed by atoms with Gasteiger partial charge in [-0.3, -0.25) is 4.79 Å². The maximum absolute atomic E-state index is 12.3. The van der Waals surface area contributed by atoms with Crippen LogP contribution in [0, 0.1) is 0 Å². The molecule has 0 radical (unpaired) electrons. The summed E-state index contributed by atoms with van der Waals surface area (Å²) in [7, 11) is 0. The lowest BCUT2D eigenvalue weighted by Gasteiger charge is -2.26. The van der Waals surface area contributed by atoms with Crippen LogP contribution < -0.4 is 0 Å². The van der Waals surface area contributed by atoms with Crippen LogP contribution in [0.25, 0.3) is 11.5 Å². The smallest absolute Gasteiger partial charge is 0.358 e. The number of carboxylic acid groups (broad SMARTS) is 1. The third kappa shape index (κ3) is 2.72. The lowest BCUT2D eigenvalue weighted by Crippen LogP contribution is -2.38. The van der Waals surface area contributed by atoms with Crippen LogP contribution in [0.15, 0.2) is 22.8 Å². The number of carbonyl (C=O) groups is 2. The first-order chi connectivity index (χ1) is 10.7. The molecule has 0 unspecified atom stereocenters. The summed E-state index contributed by atoms with van der Waals surface area (Å²) in [6, 6.07) is 3.26. The molecule has 1 amide bonds. The van der Waals surface area contributed by atoms with E-state index in [1.807, 2.05) is 0 Å². The maximum Gasteiger partial charge on any atom is 0.358 e. The van der Waals surface area contributed by atoms with E-state index in [4.69, 9.17) is 4.42 Å². The zero-order chi connectivity index (χ0) is 15.5. The van der Waals surface area contributed by atoms with Crippen LogP contribution in [-0.4, -0.2) is 50.0 Å². The molecule has 0 saturated carbocycles. The number of piperidine rings is 1. The van der Waals surface area contributed by atoms with Crippen molar-refractivity contribution in [3.63, 3.8) is 0 Å². The molecule has 1 aliphatic heterocycles. The van der Waals surface area contributed by atoms with E-state index >= 15 is 0 Å². The minimum Gasteiger partial charge on any atom is -0.476 e. The maximum atomic E-state index is 12.3. The Kier molecular flexibility index (Phi) is 3.90. The molecular formula is C14H16N4O4. The molecule has 2 aromatic rings. The highest BCUT2D eigenvalue weighted by Gasteiger charge is 2.25. The first-order valence-electron chi connectivity index (χ1n) is 7.15. The largest absolute Gasteiger partial charge is 0.476 e. The monoisotopic (exact) mass is 304 g/mol. The molecule has 0 aromatic carbocycles. The molecule has 2 aromatic heterocycles. The molecule has 3 heterocycles. The van der Waals surface area contributed by atoms with Crippen LogP contribution >= 0.6 is 0 Å². The predicted molar refractivity (Wildman–Crippen MR) is 75.1 cm³/mol. The number of likely N-dealkylation sites (tertiary alicyclic amines) is 1. The molecule has 22 heavy (non-hydrogen) atoms. The lowest BCUT2D eigenvalue weighted by molar-refractivity contribution is -0.132. The molecule has 116 valence electrons. The van der Waals surface area contributed by atoms with Crippen molar-refractivity contribution in [2.45, 2.75) is 25.8 Å². The fraction of sp³-hybridized carbons (Fsp3) is 0.429. The van der Waals surface area contributed by atoms with Gasteiger partial charge in [-0.2, -0.15) is 0 Å². The lowest BCUT2D eigenvalue weighted by atomic mass is 10.1. The molecular weight excluding hydrogens is 288 g/mol. The minimum atomic E-state index is -1.21. The third-order valence-corrected chi connectivity index (χ3v) is 3.69. The zero-order valence-corrected chi connectivity index (χ0v) is 11.9. The third-order valence-electron chi connectivity index (χ3n) is 3.69. The van der Waals surface area contributed by atoms with Crippen molar-refractivity contribution in [2.24, 2.45) is 0 Å². The highest BCUT2D eigenvalue weighted by atomic mass is 16.4. The van der Waals surface area contributed by atoms with Crippen LogP contribution in [0.1, 0.15) is 29.8 Å². The van der Waals surface area contributed by atoms with E-state index in [9.17, 15) is 14.7 Å². The van der Waals surface area contributed by atoms with E-state index in [2.05, 4.69) is 10.3 Å². The molecule has 8 heteroatoms. The van der Waals surface area contributed by atoms with Gasteiger partial charge in [0.25, 0.3) is 0 Å². The van der Waals surface area contributed by atoms with Gasteiger partial charge < -0.3 is 14.4 Å². The van der Waals surface area contributed by atoms with Crippen molar-refractivity contribution in [3.05, 3.63) is 24.1 Å². The van der Waals surface area contributed by atoms with Crippen LogP contribution in [0.5, 0.6) is 0 Å². The standard InChI is InChI=1S/C14H16N4O4/c19-11(17-6-2-1-3-7-17)9-18-13(10-5-4-8-22-10)12(14(20)21)15-16-18/h4-5,8H,1-3,6-7,9H2,(H,20,21). The van der Waals surface area contributed by atoms with Crippen LogP contribution in [0.3, 0.4) is 0 Å². The Morgan fingerprint density at radius 2 is 2.05 bits per heavy atom. The molecule has 1 N–H and O–H groups in total. The molecule has 1 fully saturated rings. The summed E-state index contributed by atoms with van der Waals surface area (Å²) in [5, 5.41) is 16.7. The quantitative estimate of drug-likeness (QED) is 0.912. The zero-order valence-electron chi connectivity index (χ0n) is 11.9. The Morgan fingerprint density at radius 3 is 2.68 bits per heavy atom. The number of amides is 1.